The second-order valence-corrected chi connectivity index (χ2v) is 9.26. The van der Waals surface area contributed by atoms with Crippen molar-refractivity contribution in [3.05, 3.63) is 28.0 Å². The third-order valence-electron chi connectivity index (χ3n) is 4.84. The first-order valence-electron chi connectivity index (χ1n) is 11.4. The molecule has 1 aliphatic heterocycles. The molecule has 0 spiro atoms. The smallest absolute Gasteiger partial charge is 0.295 e. The average Bonchev–Trinajstić information content (AvgIpc) is 3.32. The third-order valence-corrected chi connectivity index (χ3v) is 5.19. The van der Waals surface area contributed by atoms with Crippen molar-refractivity contribution in [2.45, 2.75) is 40.8 Å². The fourth-order valence-electron chi connectivity index (χ4n) is 3.15. The summed E-state index contributed by atoms with van der Waals surface area (Å²) in [7, 11) is 4.36. The van der Waals surface area contributed by atoms with E-state index in [0.29, 0.717) is 37.3 Å². The Morgan fingerprint density at radius 3 is 2.27 bits per heavy atom. The van der Waals surface area contributed by atoms with Gasteiger partial charge in [-0.1, -0.05) is 32.4 Å². The van der Waals surface area contributed by atoms with Gasteiger partial charge in [0.25, 0.3) is 6.47 Å². The topological polar surface area (TPSA) is 116 Å². The molecular weight excluding hydrogens is 509 g/mol. The molecule has 1 aromatic carbocycles. The van der Waals surface area contributed by atoms with Gasteiger partial charge in [-0.3, -0.25) is 9.59 Å². The average molecular weight is 544 g/mol. The molecule has 0 radical (unpaired) electrons. The molecule has 0 atom stereocenters. The summed E-state index contributed by atoms with van der Waals surface area (Å²) in [6.07, 6.45) is 0.938. The zero-order valence-electron chi connectivity index (χ0n) is 22.3. The molecule has 1 N–H and O–H groups in total. The highest BCUT2D eigenvalue weighted by atomic mass is 35.5. The summed E-state index contributed by atoms with van der Waals surface area (Å²) in [5.41, 5.74) is 1.75. The predicted molar refractivity (Wildman–Crippen MR) is 138 cm³/mol. The number of fused-ring (bicyclic) bond motifs is 3. The number of methoxy groups -OCH3 is 3. The molecule has 0 unspecified atom stereocenters. The predicted octanol–water partition coefficient (Wildman–Crippen LogP) is 3.95. The molecule has 12 heteroatoms. The van der Waals surface area contributed by atoms with Crippen LogP contribution in [0.25, 0.3) is 10.9 Å². The van der Waals surface area contributed by atoms with E-state index in [0.717, 1.165) is 17.4 Å². The van der Waals surface area contributed by atoms with Gasteiger partial charge in [0, 0.05) is 43.7 Å². The SMILES string of the molecule is CC(C)(C)C=O.CCNc1nc2c(F)c(Cl)c(OC)cc2c2c1CN(C(=O)COC)C2.COCOC=O. The van der Waals surface area contributed by atoms with Gasteiger partial charge in [0.15, 0.2) is 12.6 Å². The first kappa shape index (κ1) is 32.0. The van der Waals surface area contributed by atoms with Crippen molar-refractivity contribution in [2.24, 2.45) is 5.41 Å². The first-order valence-corrected chi connectivity index (χ1v) is 11.8. The second-order valence-electron chi connectivity index (χ2n) is 8.89. The van der Waals surface area contributed by atoms with E-state index in [1.807, 2.05) is 27.7 Å². The van der Waals surface area contributed by atoms with Gasteiger partial charge in [-0.25, -0.2) is 9.37 Å². The Kier molecular flexibility index (Phi) is 13.2. The number of benzene rings is 1. The summed E-state index contributed by atoms with van der Waals surface area (Å²) in [6.45, 7) is 9.32. The quantitative estimate of drug-likeness (QED) is 0.300. The van der Waals surface area contributed by atoms with E-state index in [9.17, 15) is 18.8 Å². The van der Waals surface area contributed by atoms with Crippen molar-refractivity contribution in [3.8, 4) is 5.75 Å². The Hall–Kier alpha value is -3.02. The lowest BCUT2D eigenvalue weighted by Gasteiger charge is -2.14. The molecule has 1 amide bonds. The molecule has 37 heavy (non-hydrogen) atoms. The second kappa shape index (κ2) is 15.3. The number of pyridine rings is 1. The minimum atomic E-state index is -0.625. The third kappa shape index (κ3) is 9.10. The van der Waals surface area contributed by atoms with E-state index in [-0.39, 0.29) is 41.0 Å². The van der Waals surface area contributed by atoms with Crippen molar-refractivity contribution >= 4 is 47.0 Å². The van der Waals surface area contributed by atoms with Crippen molar-refractivity contribution < 1.29 is 37.7 Å². The van der Waals surface area contributed by atoms with Crippen molar-refractivity contribution in [1.29, 1.82) is 0 Å². The minimum absolute atomic E-state index is 0.000596. The fourth-order valence-corrected chi connectivity index (χ4v) is 3.38. The number of halogens is 2. The van der Waals surface area contributed by atoms with Gasteiger partial charge in [0.05, 0.1) is 13.7 Å². The highest BCUT2D eigenvalue weighted by Crippen LogP contribution is 2.40. The Bertz CT molecular complexity index is 1080. The van der Waals surface area contributed by atoms with Crippen molar-refractivity contribution in [3.63, 3.8) is 0 Å². The summed E-state index contributed by atoms with van der Waals surface area (Å²) < 4.78 is 33.2. The van der Waals surface area contributed by atoms with Crippen molar-refractivity contribution in [1.82, 2.24) is 9.88 Å². The van der Waals surface area contributed by atoms with E-state index in [2.05, 4.69) is 19.8 Å². The number of carbonyl (C=O) groups is 3. The number of hydrogen-bond donors (Lipinski definition) is 1. The Morgan fingerprint density at radius 2 is 1.81 bits per heavy atom. The number of ether oxygens (including phenoxy) is 4. The maximum Gasteiger partial charge on any atom is 0.295 e. The Labute approximate surface area is 221 Å². The summed E-state index contributed by atoms with van der Waals surface area (Å²) in [5, 5.41) is 3.64. The standard InChI is InChI=1S/C17H19ClFN3O3.C5H10O.C3H6O3/c1-4-20-17-11-7-22(13(23)8-24-2)6-10(11)9-5-12(25-3)14(18)15(19)16(9)21-17;1-5(2,3)4-6;1-5-3-6-2-4/h5H,4,6-8H2,1-3H3,(H,20,21);4H,1-3H3;2H,3H2,1H3. The number of nitrogens with one attached hydrogen (secondary N) is 1. The molecule has 0 fully saturated rings. The molecular formula is C25H35ClFN3O7. The van der Waals surface area contributed by atoms with Gasteiger partial charge >= 0.3 is 0 Å². The zero-order valence-corrected chi connectivity index (χ0v) is 23.0. The molecule has 1 aliphatic rings. The lowest BCUT2D eigenvalue weighted by molar-refractivity contribution is -0.138. The zero-order chi connectivity index (χ0) is 28.2. The Morgan fingerprint density at radius 1 is 1.19 bits per heavy atom. The van der Waals surface area contributed by atoms with Crippen LogP contribution in [0.3, 0.4) is 0 Å². The molecule has 0 bridgehead atoms. The van der Waals surface area contributed by atoms with Crippen LogP contribution in [0, 0.1) is 11.2 Å². The van der Waals surface area contributed by atoms with E-state index in [1.165, 1.54) is 21.3 Å². The summed E-state index contributed by atoms with van der Waals surface area (Å²) in [4.78, 5) is 37.4. The monoisotopic (exact) mass is 543 g/mol. The Balaban J connectivity index is 0.000000476. The number of aldehydes is 1. The number of amides is 1. The number of nitrogens with zero attached hydrogens (tertiary/aromatic N) is 2. The molecule has 206 valence electrons. The van der Waals surface area contributed by atoms with E-state index in [4.69, 9.17) is 21.1 Å². The first-order chi connectivity index (χ1) is 17.5. The molecule has 0 aliphatic carbocycles. The van der Waals surface area contributed by atoms with Crippen molar-refractivity contribution in [2.75, 3.05) is 46.6 Å². The molecule has 0 saturated heterocycles. The number of rotatable bonds is 8. The van der Waals surface area contributed by atoms with Gasteiger partial charge in [0.1, 0.15) is 35.0 Å². The van der Waals surface area contributed by atoms with E-state index >= 15 is 0 Å². The summed E-state index contributed by atoms with van der Waals surface area (Å²) >= 11 is 6.03. The number of aromatic nitrogens is 1. The molecule has 1 aromatic heterocycles. The maximum atomic E-state index is 14.7. The number of carbonyl (C=O) groups excluding carboxylic acids is 3. The van der Waals surface area contributed by atoms with Gasteiger partial charge < -0.3 is 34.0 Å². The van der Waals surface area contributed by atoms with Crippen LogP contribution in [0.2, 0.25) is 5.02 Å². The molecule has 2 aromatic rings. The molecule has 0 saturated carbocycles. The molecule has 3 rings (SSSR count). The van der Waals surface area contributed by atoms with Gasteiger partial charge in [-0.05, 0) is 18.6 Å². The lowest BCUT2D eigenvalue weighted by Crippen LogP contribution is -2.28. The van der Waals surface area contributed by atoms with E-state index < -0.39 is 5.82 Å². The fraction of sp³-hybridized carbons (Fsp3) is 0.520. The van der Waals surface area contributed by atoms with Gasteiger partial charge in [0.2, 0.25) is 5.91 Å². The van der Waals surface area contributed by atoms with Crippen LogP contribution in [0.1, 0.15) is 38.8 Å². The molecule has 10 nitrogen and oxygen atoms in total. The minimum Gasteiger partial charge on any atom is -0.495 e. The van der Waals surface area contributed by atoms with Crippen LogP contribution in [-0.2, 0) is 41.7 Å². The van der Waals surface area contributed by atoms with Crippen LogP contribution in [-0.4, -0.2) is 69.8 Å². The largest absolute Gasteiger partial charge is 0.495 e. The summed E-state index contributed by atoms with van der Waals surface area (Å²) in [5.74, 6) is 0.0572. The highest BCUT2D eigenvalue weighted by Gasteiger charge is 2.30. The van der Waals surface area contributed by atoms with Crippen LogP contribution >= 0.6 is 11.6 Å². The van der Waals surface area contributed by atoms with Gasteiger partial charge in [-0.2, -0.15) is 0 Å². The number of anilines is 1. The van der Waals surface area contributed by atoms with Crippen LogP contribution < -0.4 is 10.1 Å². The maximum absolute atomic E-state index is 14.7. The normalized spacial score (nSPS) is 12.0. The van der Waals surface area contributed by atoms with Crippen LogP contribution in [0.15, 0.2) is 6.07 Å². The lowest BCUT2D eigenvalue weighted by atomic mass is 10.0. The van der Waals surface area contributed by atoms with E-state index in [1.54, 1.807) is 11.0 Å². The highest BCUT2D eigenvalue weighted by molar-refractivity contribution is 6.33. The number of hydrogen-bond acceptors (Lipinski definition) is 9. The summed E-state index contributed by atoms with van der Waals surface area (Å²) in [6, 6.07) is 1.67. The van der Waals surface area contributed by atoms with Crippen LogP contribution in [0.4, 0.5) is 10.2 Å². The van der Waals surface area contributed by atoms with Gasteiger partial charge in [-0.15, -0.1) is 0 Å². The molecule has 2 heterocycles. The van der Waals surface area contributed by atoms with Crippen LogP contribution in [0.5, 0.6) is 5.75 Å².